The summed E-state index contributed by atoms with van der Waals surface area (Å²) in [5, 5.41) is 0. The lowest BCUT2D eigenvalue weighted by molar-refractivity contribution is 0.445. The van der Waals surface area contributed by atoms with Gasteiger partial charge in [0.05, 0.1) is 0 Å². The second-order valence-corrected chi connectivity index (χ2v) is 5.64. The fraction of sp³-hybridized carbons (Fsp3) is 0.857. The second-order valence-electron chi connectivity index (χ2n) is 5.64. The van der Waals surface area contributed by atoms with Crippen molar-refractivity contribution in [3.8, 4) is 0 Å². The Morgan fingerprint density at radius 2 is 1.67 bits per heavy atom. The number of rotatable bonds is 3. The standard InChI is InChI=1S/C14H25B/c1-3-4-7-12(2)15-13-8-5-9-14(15)11-6-10-13/h7,13-14H,3-6,8-11H2,1-2H3/b12-7+. The zero-order valence-corrected chi connectivity index (χ0v) is 10.5. The van der Waals surface area contributed by atoms with Gasteiger partial charge in [0.15, 0.2) is 6.71 Å². The van der Waals surface area contributed by atoms with Crippen molar-refractivity contribution in [1.29, 1.82) is 0 Å². The molecule has 2 saturated heterocycles. The highest BCUT2D eigenvalue weighted by Gasteiger charge is 2.39. The van der Waals surface area contributed by atoms with Crippen LogP contribution in [-0.2, 0) is 0 Å². The third-order valence-corrected chi connectivity index (χ3v) is 4.60. The molecule has 0 unspecified atom stereocenters. The average Bonchev–Trinajstić information content (AvgIpc) is 2.24. The molecule has 0 saturated carbocycles. The van der Waals surface area contributed by atoms with Crippen LogP contribution in [0.2, 0.25) is 11.6 Å². The summed E-state index contributed by atoms with van der Waals surface area (Å²) in [5.74, 6) is 2.09. The lowest BCUT2D eigenvalue weighted by Crippen LogP contribution is -2.35. The van der Waals surface area contributed by atoms with Gasteiger partial charge in [-0.1, -0.05) is 76.5 Å². The van der Waals surface area contributed by atoms with Crippen molar-refractivity contribution in [2.75, 3.05) is 0 Å². The summed E-state index contributed by atoms with van der Waals surface area (Å²) in [7, 11) is 0. The van der Waals surface area contributed by atoms with Crippen molar-refractivity contribution in [3.63, 3.8) is 0 Å². The van der Waals surface area contributed by atoms with Gasteiger partial charge in [-0.15, -0.1) is 5.47 Å². The van der Waals surface area contributed by atoms with Crippen molar-refractivity contribution in [2.24, 2.45) is 0 Å². The Morgan fingerprint density at radius 3 is 2.13 bits per heavy atom. The lowest BCUT2D eigenvalue weighted by atomic mass is 9.24. The lowest BCUT2D eigenvalue weighted by Gasteiger charge is -2.41. The first-order valence-electron chi connectivity index (χ1n) is 6.99. The zero-order valence-electron chi connectivity index (χ0n) is 10.5. The van der Waals surface area contributed by atoms with Gasteiger partial charge in [-0.3, -0.25) is 0 Å². The summed E-state index contributed by atoms with van der Waals surface area (Å²) >= 11 is 0. The fourth-order valence-electron chi connectivity index (χ4n) is 3.93. The highest BCUT2D eigenvalue weighted by molar-refractivity contribution is 6.69. The molecule has 0 N–H and O–H groups in total. The van der Waals surface area contributed by atoms with E-state index in [1.165, 1.54) is 51.4 Å². The Bertz CT molecular complexity index is 209. The summed E-state index contributed by atoms with van der Waals surface area (Å²) in [4.78, 5) is 0. The third-order valence-electron chi connectivity index (χ3n) is 4.60. The summed E-state index contributed by atoms with van der Waals surface area (Å²) in [5.41, 5.74) is 1.73. The van der Waals surface area contributed by atoms with Crippen molar-refractivity contribution >= 4 is 6.71 Å². The predicted molar refractivity (Wildman–Crippen MR) is 69.6 cm³/mol. The van der Waals surface area contributed by atoms with Crippen LogP contribution >= 0.6 is 0 Å². The van der Waals surface area contributed by atoms with E-state index in [2.05, 4.69) is 19.9 Å². The molecule has 0 radical (unpaired) electrons. The molecule has 2 fully saturated rings. The van der Waals surface area contributed by atoms with Crippen LogP contribution in [0.5, 0.6) is 0 Å². The van der Waals surface area contributed by atoms with E-state index >= 15 is 0 Å². The van der Waals surface area contributed by atoms with Gasteiger partial charge in [-0.25, -0.2) is 0 Å². The van der Waals surface area contributed by atoms with Crippen LogP contribution in [-0.4, -0.2) is 6.71 Å². The van der Waals surface area contributed by atoms with Crippen molar-refractivity contribution in [1.82, 2.24) is 0 Å². The molecular formula is C14H25B. The van der Waals surface area contributed by atoms with Crippen LogP contribution < -0.4 is 0 Å². The topological polar surface area (TPSA) is 0 Å². The highest BCUT2D eigenvalue weighted by Crippen LogP contribution is 2.48. The van der Waals surface area contributed by atoms with Gasteiger partial charge in [0.1, 0.15) is 0 Å². The molecule has 2 rings (SSSR count). The predicted octanol–water partition coefficient (Wildman–Crippen LogP) is 4.88. The summed E-state index contributed by atoms with van der Waals surface area (Å²) < 4.78 is 0. The first-order valence-corrected chi connectivity index (χ1v) is 6.99. The molecule has 0 aromatic carbocycles. The van der Waals surface area contributed by atoms with E-state index in [0.717, 1.165) is 18.3 Å². The van der Waals surface area contributed by atoms with E-state index in [1.807, 2.05) is 0 Å². The molecule has 0 amide bonds. The molecule has 0 aliphatic carbocycles. The van der Waals surface area contributed by atoms with E-state index < -0.39 is 0 Å². The number of hydrogen-bond donors (Lipinski definition) is 0. The zero-order chi connectivity index (χ0) is 10.7. The van der Waals surface area contributed by atoms with Crippen molar-refractivity contribution < 1.29 is 0 Å². The highest BCUT2D eigenvalue weighted by atomic mass is 14.2. The minimum atomic E-state index is 0.971. The maximum absolute atomic E-state index is 2.53. The largest absolute Gasteiger partial charge is 0.176 e. The normalized spacial score (nSPS) is 31.9. The number of fused-ring (bicyclic) bond motifs is 2. The third kappa shape index (κ3) is 2.49. The Morgan fingerprint density at radius 1 is 1.13 bits per heavy atom. The van der Waals surface area contributed by atoms with Gasteiger partial charge in [0, 0.05) is 0 Å². The summed E-state index contributed by atoms with van der Waals surface area (Å²) in [6, 6.07) is 0. The Balaban J connectivity index is 2.05. The Labute approximate surface area is 95.6 Å². The van der Waals surface area contributed by atoms with Gasteiger partial charge in [-0.2, -0.15) is 0 Å². The molecular weight excluding hydrogens is 179 g/mol. The van der Waals surface area contributed by atoms with Crippen LogP contribution in [0.15, 0.2) is 11.5 Å². The van der Waals surface area contributed by atoms with Crippen LogP contribution in [0, 0.1) is 0 Å². The monoisotopic (exact) mass is 204 g/mol. The second kappa shape index (κ2) is 5.23. The first kappa shape index (κ1) is 11.3. The molecule has 84 valence electrons. The van der Waals surface area contributed by atoms with E-state index in [1.54, 1.807) is 5.47 Å². The minimum Gasteiger partial charge on any atom is -0.107 e. The maximum Gasteiger partial charge on any atom is 0.176 e. The Hall–Kier alpha value is -0.195. The Kier molecular flexibility index (Phi) is 3.94. The molecule has 0 aromatic rings. The fourth-order valence-corrected chi connectivity index (χ4v) is 3.93. The van der Waals surface area contributed by atoms with Gasteiger partial charge in [-0.05, 0) is 6.42 Å². The average molecular weight is 204 g/mol. The van der Waals surface area contributed by atoms with Crippen molar-refractivity contribution in [2.45, 2.75) is 76.8 Å². The first-order chi connectivity index (χ1) is 7.33. The molecule has 2 heterocycles. The SMILES string of the molecule is CCC/C=C(\C)B1C2CCCC1CCC2. The van der Waals surface area contributed by atoms with Crippen LogP contribution in [0.4, 0.5) is 0 Å². The van der Waals surface area contributed by atoms with E-state index in [9.17, 15) is 0 Å². The smallest absolute Gasteiger partial charge is 0.107 e. The molecule has 2 bridgehead atoms. The van der Waals surface area contributed by atoms with Crippen LogP contribution in [0.1, 0.15) is 65.2 Å². The van der Waals surface area contributed by atoms with E-state index in [-0.39, 0.29) is 0 Å². The maximum atomic E-state index is 2.53. The molecule has 2 aliphatic rings. The molecule has 0 aromatic heterocycles. The minimum absolute atomic E-state index is 0.971. The van der Waals surface area contributed by atoms with Gasteiger partial charge in [0.2, 0.25) is 0 Å². The van der Waals surface area contributed by atoms with Crippen LogP contribution in [0.3, 0.4) is 0 Å². The van der Waals surface area contributed by atoms with E-state index in [0.29, 0.717) is 0 Å². The molecule has 0 atom stereocenters. The summed E-state index contributed by atoms with van der Waals surface area (Å²) in [6.45, 7) is 5.65. The molecule has 0 spiro atoms. The van der Waals surface area contributed by atoms with Crippen LogP contribution in [0.25, 0.3) is 0 Å². The number of allylic oxidation sites excluding steroid dienone is 2. The van der Waals surface area contributed by atoms with Gasteiger partial charge in [0.25, 0.3) is 0 Å². The number of unbranched alkanes of at least 4 members (excludes halogenated alkanes) is 1. The quantitative estimate of drug-likeness (QED) is 0.575. The number of hydrogen-bond acceptors (Lipinski definition) is 0. The van der Waals surface area contributed by atoms with Gasteiger partial charge >= 0.3 is 0 Å². The molecule has 0 nitrogen and oxygen atoms in total. The van der Waals surface area contributed by atoms with E-state index in [4.69, 9.17) is 0 Å². The van der Waals surface area contributed by atoms with Crippen molar-refractivity contribution in [3.05, 3.63) is 11.5 Å². The molecule has 1 heteroatoms. The molecule has 2 aliphatic heterocycles. The molecule has 15 heavy (non-hydrogen) atoms. The van der Waals surface area contributed by atoms with Gasteiger partial charge < -0.3 is 0 Å². The summed E-state index contributed by atoms with van der Waals surface area (Å²) in [6.07, 6.45) is 14.2.